The van der Waals surface area contributed by atoms with E-state index in [1.165, 1.54) is 13.0 Å². The summed E-state index contributed by atoms with van der Waals surface area (Å²) < 4.78 is 14.1. The molecule has 1 saturated heterocycles. The molecule has 142 valence electrons. The predicted octanol–water partition coefficient (Wildman–Crippen LogP) is 3.79. The molecule has 0 aromatic heterocycles. The summed E-state index contributed by atoms with van der Waals surface area (Å²) in [5, 5.41) is 2.84. The Hall–Kier alpha value is -2.69. The first-order chi connectivity index (χ1) is 12.9. The number of carbonyl (C=O) groups is 2. The maximum absolute atomic E-state index is 14.1. The lowest BCUT2D eigenvalue weighted by atomic mass is 9.96. The molecule has 0 spiro atoms. The van der Waals surface area contributed by atoms with Crippen LogP contribution < -0.4 is 5.32 Å². The Morgan fingerprint density at radius 3 is 2.63 bits per heavy atom. The van der Waals surface area contributed by atoms with Crippen LogP contribution in [0, 0.1) is 18.7 Å². The van der Waals surface area contributed by atoms with Gasteiger partial charge in [0.25, 0.3) is 5.91 Å². The highest BCUT2D eigenvalue weighted by molar-refractivity contribution is 5.94. The Labute approximate surface area is 159 Å². The average Bonchev–Trinajstić information content (AvgIpc) is 2.68. The first-order valence-electron chi connectivity index (χ1n) is 9.34. The van der Waals surface area contributed by atoms with Crippen LogP contribution in [0.15, 0.2) is 42.5 Å². The van der Waals surface area contributed by atoms with E-state index in [0.717, 1.165) is 30.5 Å². The van der Waals surface area contributed by atoms with E-state index in [0.29, 0.717) is 24.2 Å². The zero-order valence-corrected chi connectivity index (χ0v) is 15.8. The van der Waals surface area contributed by atoms with Crippen LogP contribution in [0.1, 0.15) is 35.7 Å². The van der Waals surface area contributed by atoms with Crippen molar-refractivity contribution in [1.82, 2.24) is 10.2 Å². The number of halogens is 1. The van der Waals surface area contributed by atoms with Gasteiger partial charge in [-0.05, 0) is 55.5 Å². The SMILES string of the molecule is CC(=O)NC[C@@H]1CCCN(C(=O)c2ccc(-c3cc(C)ccc3F)cc2)C1. The minimum absolute atomic E-state index is 0.0150. The van der Waals surface area contributed by atoms with E-state index in [9.17, 15) is 14.0 Å². The molecule has 0 saturated carbocycles. The molecule has 2 amide bonds. The smallest absolute Gasteiger partial charge is 0.253 e. The molecule has 1 aliphatic rings. The molecule has 0 aliphatic carbocycles. The van der Waals surface area contributed by atoms with Gasteiger partial charge in [0, 0.05) is 37.7 Å². The van der Waals surface area contributed by atoms with Crippen molar-refractivity contribution in [3.8, 4) is 11.1 Å². The standard InChI is InChI=1S/C22H25FN2O2/c1-15-5-10-21(23)20(12-15)18-6-8-19(9-7-18)22(27)25-11-3-4-17(14-25)13-24-16(2)26/h5-10,12,17H,3-4,11,13-14H2,1-2H3,(H,24,26)/t17-/m0/s1. The van der Waals surface area contributed by atoms with Crippen molar-refractivity contribution < 1.29 is 14.0 Å². The van der Waals surface area contributed by atoms with Crippen molar-refractivity contribution in [2.24, 2.45) is 5.92 Å². The number of hydrogen-bond donors (Lipinski definition) is 1. The molecule has 3 rings (SSSR count). The maximum atomic E-state index is 14.1. The second kappa shape index (κ2) is 8.33. The lowest BCUT2D eigenvalue weighted by Crippen LogP contribution is -2.43. The zero-order valence-electron chi connectivity index (χ0n) is 15.8. The van der Waals surface area contributed by atoms with Crippen molar-refractivity contribution in [2.75, 3.05) is 19.6 Å². The van der Waals surface area contributed by atoms with Crippen LogP contribution in [0.5, 0.6) is 0 Å². The predicted molar refractivity (Wildman–Crippen MR) is 104 cm³/mol. The third-order valence-electron chi connectivity index (χ3n) is 5.01. The van der Waals surface area contributed by atoms with Crippen LogP contribution in [0.2, 0.25) is 0 Å². The zero-order chi connectivity index (χ0) is 19.4. The Morgan fingerprint density at radius 1 is 1.19 bits per heavy atom. The highest BCUT2D eigenvalue weighted by Gasteiger charge is 2.24. The maximum Gasteiger partial charge on any atom is 0.253 e. The van der Waals surface area contributed by atoms with Gasteiger partial charge in [-0.2, -0.15) is 0 Å². The van der Waals surface area contributed by atoms with Crippen molar-refractivity contribution >= 4 is 11.8 Å². The molecule has 1 fully saturated rings. The van der Waals surface area contributed by atoms with Gasteiger partial charge in [0.2, 0.25) is 5.91 Å². The van der Waals surface area contributed by atoms with Crippen LogP contribution in [0.25, 0.3) is 11.1 Å². The molecule has 2 aromatic carbocycles. The fourth-order valence-corrected chi connectivity index (χ4v) is 3.54. The van der Waals surface area contributed by atoms with Crippen molar-refractivity contribution in [3.05, 3.63) is 59.4 Å². The Kier molecular flexibility index (Phi) is 5.89. The van der Waals surface area contributed by atoms with E-state index in [1.54, 1.807) is 30.3 Å². The van der Waals surface area contributed by atoms with E-state index in [1.807, 2.05) is 17.9 Å². The van der Waals surface area contributed by atoms with Gasteiger partial charge in [0.15, 0.2) is 0 Å². The van der Waals surface area contributed by atoms with Gasteiger partial charge in [-0.3, -0.25) is 9.59 Å². The number of aryl methyl sites for hydroxylation is 1. The summed E-state index contributed by atoms with van der Waals surface area (Å²) in [7, 11) is 0. The Bertz CT molecular complexity index is 833. The Morgan fingerprint density at radius 2 is 1.93 bits per heavy atom. The summed E-state index contributed by atoms with van der Waals surface area (Å²) in [5.41, 5.74) is 2.90. The monoisotopic (exact) mass is 368 g/mol. The van der Waals surface area contributed by atoms with Crippen LogP contribution in [0.3, 0.4) is 0 Å². The van der Waals surface area contributed by atoms with Gasteiger partial charge in [-0.15, -0.1) is 0 Å². The van der Waals surface area contributed by atoms with Crippen LogP contribution in [-0.4, -0.2) is 36.3 Å². The molecule has 1 heterocycles. The lowest BCUT2D eigenvalue weighted by Gasteiger charge is -2.33. The number of nitrogens with zero attached hydrogens (tertiary/aromatic N) is 1. The fourth-order valence-electron chi connectivity index (χ4n) is 3.54. The minimum atomic E-state index is -0.267. The summed E-state index contributed by atoms with van der Waals surface area (Å²) in [6, 6.07) is 12.1. The number of likely N-dealkylation sites (tertiary alicyclic amines) is 1. The average molecular weight is 368 g/mol. The van der Waals surface area contributed by atoms with E-state index >= 15 is 0 Å². The summed E-state index contributed by atoms with van der Waals surface area (Å²) >= 11 is 0. The first-order valence-corrected chi connectivity index (χ1v) is 9.34. The largest absolute Gasteiger partial charge is 0.356 e. The van der Waals surface area contributed by atoms with Crippen LogP contribution >= 0.6 is 0 Å². The van der Waals surface area contributed by atoms with Crippen molar-refractivity contribution in [2.45, 2.75) is 26.7 Å². The molecule has 0 unspecified atom stereocenters. The molecular formula is C22H25FN2O2. The number of amides is 2. The number of carbonyl (C=O) groups excluding carboxylic acids is 2. The van der Waals surface area contributed by atoms with Crippen LogP contribution in [0.4, 0.5) is 4.39 Å². The second-order valence-corrected chi connectivity index (χ2v) is 7.26. The number of piperidine rings is 1. The molecule has 5 heteroatoms. The third kappa shape index (κ3) is 4.73. The van der Waals surface area contributed by atoms with Gasteiger partial charge in [0.1, 0.15) is 5.82 Å². The summed E-state index contributed by atoms with van der Waals surface area (Å²) in [6.07, 6.45) is 1.94. The normalized spacial score (nSPS) is 16.9. The molecule has 1 N–H and O–H groups in total. The number of hydrogen-bond acceptors (Lipinski definition) is 2. The molecule has 2 aromatic rings. The number of rotatable bonds is 4. The van der Waals surface area contributed by atoms with E-state index in [2.05, 4.69) is 5.32 Å². The number of nitrogens with one attached hydrogen (secondary N) is 1. The molecule has 0 bridgehead atoms. The Balaban J connectivity index is 1.70. The van der Waals surface area contributed by atoms with Gasteiger partial charge < -0.3 is 10.2 Å². The van der Waals surface area contributed by atoms with Crippen molar-refractivity contribution in [1.29, 1.82) is 0 Å². The van der Waals surface area contributed by atoms with Crippen LogP contribution in [-0.2, 0) is 4.79 Å². The van der Waals surface area contributed by atoms with E-state index in [4.69, 9.17) is 0 Å². The summed E-state index contributed by atoms with van der Waals surface area (Å²) in [4.78, 5) is 25.8. The second-order valence-electron chi connectivity index (χ2n) is 7.26. The fraction of sp³-hybridized carbons (Fsp3) is 0.364. The van der Waals surface area contributed by atoms with E-state index < -0.39 is 0 Å². The molecular weight excluding hydrogens is 343 g/mol. The lowest BCUT2D eigenvalue weighted by molar-refractivity contribution is -0.119. The molecule has 1 aliphatic heterocycles. The van der Waals surface area contributed by atoms with Crippen molar-refractivity contribution in [3.63, 3.8) is 0 Å². The highest BCUT2D eigenvalue weighted by atomic mass is 19.1. The number of benzene rings is 2. The third-order valence-corrected chi connectivity index (χ3v) is 5.01. The summed E-state index contributed by atoms with van der Waals surface area (Å²) in [5.74, 6) is -0.0417. The van der Waals surface area contributed by atoms with Gasteiger partial charge in [0.05, 0.1) is 0 Å². The quantitative estimate of drug-likeness (QED) is 0.893. The molecule has 0 radical (unpaired) electrons. The highest BCUT2D eigenvalue weighted by Crippen LogP contribution is 2.25. The van der Waals surface area contributed by atoms with Gasteiger partial charge in [-0.1, -0.05) is 23.8 Å². The van der Waals surface area contributed by atoms with E-state index in [-0.39, 0.29) is 23.5 Å². The summed E-state index contributed by atoms with van der Waals surface area (Å²) in [6.45, 7) is 5.40. The molecule has 1 atom stereocenters. The minimum Gasteiger partial charge on any atom is -0.356 e. The molecule has 27 heavy (non-hydrogen) atoms. The van der Waals surface area contributed by atoms with Gasteiger partial charge in [-0.25, -0.2) is 4.39 Å². The first kappa shape index (κ1) is 19.1. The van der Waals surface area contributed by atoms with Gasteiger partial charge >= 0.3 is 0 Å². The molecule has 4 nitrogen and oxygen atoms in total. The topological polar surface area (TPSA) is 49.4 Å².